The molecule has 7 nitrogen and oxygen atoms in total. The van der Waals surface area contributed by atoms with Gasteiger partial charge in [0, 0.05) is 43.7 Å². The lowest BCUT2D eigenvalue weighted by molar-refractivity contribution is 0.0730. The van der Waals surface area contributed by atoms with Gasteiger partial charge in [-0.1, -0.05) is 0 Å². The van der Waals surface area contributed by atoms with Crippen molar-refractivity contribution < 1.29 is 13.9 Å². The molecule has 1 saturated heterocycles. The summed E-state index contributed by atoms with van der Waals surface area (Å²) in [5.74, 6) is 1.39. The first kappa shape index (κ1) is 16.1. The van der Waals surface area contributed by atoms with Crippen molar-refractivity contribution in [2.45, 2.75) is 19.8 Å². The van der Waals surface area contributed by atoms with E-state index < -0.39 is 0 Å². The second kappa shape index (κ2) is 6.84. The molecule has 0 aliphatic carbocycles. The molecule has 0 spiro atoms. The molecule has 2 aromatic rings. The highest BCUT2D eigenvalue weighted by molar-refractivity contribution is 5.92. The van der Waals surface area contributed by atoms with Crippen molar-refractivity contribution in [1.82, 2.24) is 14.9 Å². The van der Waals surface area contributed by atoms with Gasteiger partial charge < -0.3 is 19.0 Å². The SMILES string of the molecule is Cc1ccoc1C(=O)N1CCc2ncnc(N3CCOCC3)c2CC1. The Morgan fingerprint density at radius 2 is 1.92 bits per heavy atom. The number of nitrogens with zero attached hydrogens (tertiary/aromatic N) is 4. The van der Waals surface area contributed by atoms with E-state index in [2.05, 4.69) is 14.9 Å². The van der Waals surface area contributed by atoms with Gasteiger partial charge in [0.25, 0.3) is 5.91 Å². The van der Waals surface area contributed by atoms with Crippen LogP contribution in [0.15, 0.2) is 23.1 Å². The number of aryl methyl sites for hydroxylation is 1. The van der Waals surface area contributed by atoms with Crippen LogP contribution in [-0.4, -0.2) is 60.2 Å². The van der Waals surface area contributed by atoms with Gasteiger partial charge >= 0.3 is 0 Å². The fraction of sp³-hybridized carbons (Fsp3) is 0.500. The molecule has 4 heterocycles. The Morgan fingerprint density at radius 3 is 2.68 bits per heavy atom. The summed E-state index contributed by atoms with van der Waals surface area (Å²) in [6.45, 7) is 6.32. The molecule has 4 rings (SSSR count). The van der Waals surface area contributed by atoms with Gasteiger partial charge in [-0.3, -0.25) is 4.79 Å². The molecule has 25 heavy (non-hydrogen) atoms. The molecule has 0 atom stereocenters. The first-order valence-corrected chi connectivity index (χ1v) is 8.73. The monoisotopic (exact) mass is 342 g/mol. The van der Waals surface area contributed by atoms with Crippen molar-refractivity contribution in [3.63, 3.8) is 0 Å². The lowest BCUT2D eigenvalue weighted by Crippen LogP contribution is -2.37. The van der Waals surface area contributed by atoms with Crippen molar-refractivity contribution in [3.8, 4) is 0 Å². The predicted molar refractivity (Wildman–Crippen MR) is 91.8 cm³/mol. The number of carbonyl (C=O) groups excluding carboxylic acids is 1. The molecule has 2 aliphatic rings. The van der Waals surface area contributed by atoms with Gasteiger partial charge in [-0.15, -0.1) is 0 Å². The highest BCUT2D eigenvalue weighted by Crippen LogP contribution is 2.25. The Morgan fingerprint density at radius 1 is 1.12 bits per heavy atom. The maximum Gasteiger partial charge on any atom is 0.289 e. The highest BCUT2D eigenvalue weighted by atomic mass is 16.5. The number of anilines is 1. The number of hydrogen-bond donors (Lipinski definition) is 0. The minimum atomic E-state index is -0.0452. The van der Waals surface area contributed by atoms with E-state index >= 15 is 0 Å². The summed E-state index contributed by atoms with van der Waals surface area (Å²) >= 11 is 0. The second-order valence-corrected chi connectivity index (χ2v) is 6.45. The highest BCUT2D eigenvalue weighted by Gasteiger charge is 2.26. The number of amides is 1. The second-order valence-electron chi connectivity index (χ2n) is 6.45. The van der Waals surface area contributed by atoms with Crippen LogP contribution in [0.25, 0.3) is 0 Å². The molecule has 2 aromatic heterocycles. The normalized spacial score (nSPS) is 18.0. The van der Waals surface area contributed by atoms with Gasteiger partial charge in [0.05, 0.1) is 25.2 Å². The van der Waals surface area contributed by atoms with E-state index in [1.165, 1.54) is 0 Å². The van der Waals surface area contributed by atoms with Crippen molar-refractivity contribution in [1.29, 1.82) is 0 Å². The van der Waals surface area contributed by atoms with Gasteiger partial charge in [0.15, 0.2) is 5.76 Å². The predicted octanol–water partition coefficient (Wildman–Crippen LogP) is 1.46. The average molecular weight is 342 g/mol. The van der Waals surface area contributed by atoms with Gasteiger partial charge in [0.2, 0.25) is 0 Å². The van der Waals surface area contributed by atoms with Crippen molar-refractivity contribution >= 4 is 11.7 Å². The molecule has 0 aromatic carbocycles. The number of rotatable bonds is 2. The third-order valence-electron chi connectivity index (χ3n) is 4.92. The van der Waals surface area contributed by atoms with Crippen molar-refractivity contribution in [2.75, 3.05) is 44.3 Å². The minimum absolute atomic E-state index is 0.0452. The summed E-state index contributed by atoms with van der Waals surface area (Å²) in [5.41, 5.74) is 3.08. The third kappa shape index (κ3) is 3.11. The Labute approximate surface area is 146 Å². The lowest BCUT2D eigenvalue weighted by atomic mass is 10.1. The largest absolute Gasteiger partial charge is 0.459 e. The molecule has 0 unspecified atom stereocenters. The molecule has 0 saturated carbocycles. The van der Waals surface area contributed by atoms with Crippen molar-refractivity contribution in [3.05, 3.63) is 41.2 Å². The molecular weight excluding hydrogens is 320 g/mol. The van der Waals surface area contributed by atoms with E-state index in [4.69, 9.17) is 9.15 Å². The van der Waals surface area contributed by atoms with Crippen LogP contribution in [0.4, 0.5) is 5.82 Å². The minimum Gasteiger partial charge on any atom is -0.459 e. The van der Waals surface area contributed by atoms with E-state index in [0.717, 1.165) is 61.8 Å². The van der Waals surface area contributed by atoms with Crippen LogP contribution in [-0.2, 0) is 17.6 Å². The summed E-state index contributed by atoms with van der Waals surface area (Å²) in [7, 11) is 0. The van der Waals surface area contributed by atoms with Crippen LogP contribution < -0.4 is 4.90 Å². The number of furan rings is 1. The first-order valence-electron chi connectivity index (χ1n) is 8.73. The standard InChI is InChI=1S/C18H22N4O3/c1-13-4-9-25-16(13)18(23)22-5-2-14-15(3-6-22)19-12-20-17(14)21-7-10-24-11-8-21/h4,9,12H,2-3,5-8,10-11H2,1H3. The zero-order valence-corrected chi connectivity index (χ0v) is 14.4. The Kier molecular flexibility index (Phi) is 4.40. The summed E-state index contributed by atoms with van der Waals surface area (Å²) < 4.78 is 10.8. The first-order chi connectivity index (χ1) is 12.2. The van der Waals surface area contributed by atoms with Crippen LogP contribution in [0, 0.1) is 6.92 Å². The van der Waals surface area contributed by atoms with Gasteiger partial charge in [-0.2, -0.15) is 0 Å². The maximum atomic E-state index is 12.7. The third-order valence-corrected chi connectivity index (χ3v) is 4.92. The van der Waals surface area contributed by atoms with Gasteiger partial charge in [0.1, 0.15) is 12.1 Å². The van der Waals surface area contributed by atoms with E-state index in [0.29, 0.717) is 18.8 Å². The molecule has 0 bridgehead atoms. The molecule has 7 heteroatoms. The van der Waals surface area contributed by atoms with E-state index in [9.17, 15) is 4.79 Å². The summed E-state index contributed by atoms with van der Waals surface area (Å²) in [6, 6.07) is 1.82. The molecule has 0 radical (unpaired) electrons. The average Bonchev–Trinajstić information content (AvgIpc) is 2.96. The van der Waals surface area contributed by atoms with E-state index in [1.807, 2.05) is 17.9 Å². The quantitative estimate of drug-likeness (QED) is 0.823. The van der Waals surface area contributed by atoms with E-state index in [1.54, 1.807) is 12.6 Å². The molecule has 0 N–H and O–H groups in total. The molecular formula is C18H22N4O3. The summed E-state index contributed by atoms with van der Waals surface area (Å²) in [4.78, 5) is 25.9. The van der Waals surface area contributed by atoms with Crippen molar-refractivity contribution in [2.24, 2.45) is 0 Å². The van der Waals surface area contributed by atoms with Gasteiger partial charge in [-0.05, 0) is 19.4 Å². The van der Waals surface area contributed by atoms with Crippen LogP contribution in [0.5, 0.6) is 0 Å². The van der Waals surface area contributed by atoms with Crippen LogP contribution in [0.1, 0.15) is 27.4 Å². The lowest BCUT2D eigenvalue weighted by Gasteiger charge is -2.29. The number of fused-ring (bicyclic) bond motifs is 1. The number of carbonyl (C=O) groups is 1. The van der Waals surface area contributed by atoms with Crippen LogP contribution in [0.2, 0.25) is 0 Å². The zero-order chi connectivity index (χ0) is 17.2. The zero-order valence-electron chi connectivity index (χ0n) is 14.4. The van der Waals surface area contributed by atoms with Crippen LogP contribution >= 0.6 is 0 Å². The Bertz CT molecular complexity index is 767. The fourth-order valence-electron chi connectivity index (χ4n) is 3.50. The smallest absolute Gasteiger partial charge is 0.289 e. The molecule has 2 aliphatic heterocycles. The summed E-state index contributed by atoms with van der Waals surface area (Å²) in [6.07, 6.45) is 4.70. The maximum absolute atomic E-state index is 12.7. The fourth-order valence-corrected chi connectivity index (χ4v) is 3.50. The number of ether oxygens (including phenoxy) is 1. The van der Waals surface area contributed by atoms with Crippen LogP contribution in [0.3, 0.4) is 0 Å². The molecule has 1 fully saturated rings. The number of aromatic nitrogens is 2. The number of morpholine rings is 1. The summed E-state index contributed by atoms with van der Waals surface area (Å²) in [5, 5.41) is 0. The number of hydrogen-bond acceptors (Lipinski definition) is 6. The molecule has 1 amide bonds. The Hall–Kier alpha value is -2.41. The van der Waals surface area contributed by atoms with E-state index in [-0.39, 0.29) is 5.91 Å². The Balaban J connectivity index is 1.55. The van der Waals surface area contributed by atoms with Gasteiger partial charge in [-0.25, -0.2) is 9.97 Å². The molecule has 132 valence electrons. The topological polar surface area (TPSA) is 71.7 Å².